The van der Waals surface area contributed by atoms with Crippen LogP contribution in [0, 0.1) is 5.92 Å². The van der Waals surface area contributed by atoms with Crippen LogP contribution in [0.25, 0.3) is 0 Å². The molecule has 0 saturated carbocycles. The third-order valence-corrected chi connectivity index (χ3v) is 2.42. The van der Waals surface area contributed by atoms with Crippen LogP contribution in [0.3, 0.4) is 0 Å². The normalized spacial score (nSPS) is 14.4. The molecule has 0 saturated heterocycles. The van der Waals surface area contributed by atoms with E-state index in [0.29, 0.717) is 13.0 Å². The van der Waals surface area contributed by atoms with Gasteiger partial charge in [-0.3, -0.25) is 4.79 Å². The van der Waals surface area contributed by atoms with E-state index in [4.69, 9.17) is 23.1 Å². The lowest BCUT2D eigenvalue weighted by molar-refractivity contribution is -0.133. The quantitative estimate of drug-likeness (QED) is 0.656. The van der Waals surface area contributed by atoms with Gasteiger partial charge in [-0.25, -0.2) is 0 Å². The van der Waals surface area contributed by atoms with E-state index >= 15 is 0 Å². The highest BCUT2D eigenvalue weighted by Gasteiger charge is 2.24. The lowest BCUT2D eigenvalue weighted by atomic mass is 10.0. The number of thiocarbonyl (C=S) groups is 1. The number of aliphatic hydroxyl groups is 1. The van der Waals surface area contributed by atoms with E-state index < -0.39 is 12.0 Å². The number of nitrogens with zero attached hydrogens (tertiary/aromatic N) is 1. The largest absolute Gasteiger partial charge is 0.393 e. The average molecular weight is 232 g/mol. The Balaban J connectivity index is 4.42. The summed E-state index contributed by atoms with van der Waals surface area (Å²) >= 11 is 4.86. The molecule has 0 heterocycles. The number of carbonyl (C=O) groups excluding carboxylic acids is 1. The molecule has 5 heteroatoms. The minimum atomic E-state index is -0.535. The summed E-state index contributed by atoms with van der Waals surface area (Å²) in [6.45, 7) is 3.92. The molecule has 0 bridgehead atoms. The molecule has 2 unspecified atom stereocenters. The van der Waals surface area contributed by atoms with Crippen molar-refractivity contribution < 1.29 is 9.90 Å². The van der Waals surface area contributed by atoms with Crippen molar-refractivity contribution in [2.75, 3.05) is 13.6 Å². The maximum Gasteiger partial charge on any atom is 0.232 e. The minimum absolute atomic E-state index is 0.106. The van der Waals surface area contributed by atoms with Crippen LogP contribution in [0.1, 0.15) is 26.7 Å². The highest BCUT2D eigenvalue weighted by molar-refractivity contribution is 7.80. The number of likely N-dealkylation sites (N-methyl/N-ethyl adjacent to an activating group) is 1. The van der Waals surface area contributed by atoms with Crippen molar-refractivity contribution in [3.8, 4) is 0 Å². The first-order valence-electron chi connectivity index (χ1n) is 5.12. The average Bonchev–Trinajstić information content (AvgIpc) is 2.11. The monoisotopic (exact) mass is 232 g/mol. The van der Waals surface area contributed by atoms with E-state index in [0.717, 1.165) is 6.42 Å². The molecule has 0 rings (SSSR count). The molecule has 0 aliphatic rings. The summed E-state index contributed by atoms with van der Waals surface area (Å²) in [6, 6.07) is 0. The van der Waals surface area contributed by atoms with Gasteiger partial charge in [0.15, 0.2) is 0 Å². The predicted octanol–water partition coefficient (Wildman–Crippen LogP) is 0.528. The van der Waals surface area contributed by atoms with Crippen LogP contribution in [0.4, 0.5) is 0 Å². The molecule has 15 heavy (non-hydrogen) atoms. The van der Waals surface area contributed by atoms with Gasteiger partial charge >= 0.3 is 0 Å². The van der Waals surface area contributed by atoms with Crippen LogP contribution in [0.2, 0.25) is 0 Å². The van der Waals surface area contributed by atoms with E-state index in [9.17, 15) is 4.79 Å². The Labute approximate surface area is 96.4 Å². The summed E-state index contributed by atoms with van der Waals surface area (Å²) in [5, 5.41) is 9.16. The Morgan fingerprint density at radius 2 is 2.13 bits per heavy atom. The van der Waals surface area contributed by atoms with Crippen LogP contribution in [0.15, 0.2) is 0 Å². The van der Waals surface area contributed by atoms with E-state index in [1.54, 1.807) is 14.0 Å². The third-order valence-electron chi connectivity index (χ3n) is 2.13. The Hall–Kier alpha value is -0.680. The summed E-state index contributed by atoms with van der Waals surface area (Å²) in [6.07, 6.45) is 0.988. The van der Waals surface area contributed by atoms with Crippen molar-refractivity contribution in [3.05, 3.63) is 0 Å². The Bertz CT molecular complexity index is 231. The van der Waals surface area contributed by atoms with Gasteiger partial charge in [0, 0.05) is 13.6 Å². The fraction of sp³-hybridized carbons (Fsp3) is 0.800. The highest BCUT2D eigenvalue weighted by atomic mass is 32.1. The maximum atomic E-state index is 11.9. The van der Waals surface area contributed by atoms with Crippen molar-refractivity contribution in [1.82, 2.24) is 4.90 Å². The van der Waals surface area contributed by atoms with Gasteiger partial charge in [-0.05, 0) is 13.3 Å². The molecule has 0 aromatic rings. The van der Waals surface area contributed by atoms with Crippen LogP contribution in [0.5, 0.6) is 0 Å². The van der Waals surface area contributed by atoms with Gasteiger partial charge < -0.3 is 15.7 Å². The predicted molar refractivity (Wildman–Crippen MR) is 64.5 cm³/mol. The van der Waals surface area contributed by atoms with Gasteiger partial charge in [-0.2, -0.15) is 0 Å². The van der Waals surface area contributed by atoms with Crippen LogP contribution < -0.4 is 5.73 Å². The van der Waals surface area contributed by atoms with Crippen molar-refractivity contribution in [2.24, 2.45) is 11.7 Å². The molecule has 0 aromatic carbocycles. The van der Waals surface area contributed by atoms with Gasteiger partial charge in [-0.1, -0.05) is 25.6 Å². The Morgan fingerprint density at radius 3 is 2.47 bits per heavy atom. The van der Waals surface area contributed by atoms with Crippen LogP contribution in [-0.2, 0) is 4.79 Å². The van der Waals surface area contributed by atoms with Crippen LogP contribution >= 0.6 is 12.2 Å². The van der Waals surface area contributed by atoms with Crippen molar-refractivity contribution >= 4 is 23.1 Å². The maximum absolute atomic E-state index is 11.9. The molecule has 2 atom stereocenters. The molecule has 0 aliphatic carbocycles. The second kappa shape index (κ2) is 6.74. The van der Waals surface area contributed by atoms with Gasteiger partial charge in [0.2, 0.25) is 5.91 Å². The van der Waals surface area contributed by atoms with E-state index in [-0.39, 0.29) is 10.9 Å². The summed E-state index contributed by atoms with van der Waals surface area (Å²) in [7, 11) is 1.65. The highest BCUT2D eigenvalue weighted by Crippen LogP contribution is 2.10. The van der Waals surface area contributed by atoms with E-state index in [1.807, 2.05) is 6.92 Å². The second-order valence-corrected chi connectivity index (χ2v) is 4.28. The molecule has 0 fully saturated rings. The zero-order chi connectivity index (χ0) is 12.0. The number of rotatable bonds is 6. The molecular formula is C10H20N2O2S. The van der Waals surface area contributed by atoms with Gasteiger partial charge in [0.05, 0.1) is 17.0 Å². The zero-order valence-electron chi connectivity index (χ0n) is 9.56. The molecule has 88 valence electrons. The number of hydrogen-bond donors (Lipinski definition) is 2. The molecule has 0 radical (unpaired) electrons. The lowest BCUT2D eigenvalue weighted by Gasteiger charge is -2.23. The summed E-state index contributed by atoms with van der Waals surface area (Å²) < 4.78 is 0. The molecule has 4 nitrogen and oxygen atoms in total. The summed E-state index contributed by atoms with van der Waals surface area (Å²) in [5.41, 5.74) is 5.51. The van der Waals surface area contributed by atoms with Gasteiger partial charge in [0.25, 0.3) is 0 Å². The minimum Gasteiger partial charge on any atom is -0.393 e. The van der Waals surface area contributed by atoms with Crippen LogP contribution in [-0.4, -0.2) is 40.6 Å². The number of carbonyl (C=O) groups is 1. The van der Waals surface area contributed by atoms with E-state index in [2.05, 4.69) is 0 Å². The van der Waals surface area contributed by atoms with E-state index in [1.165, 1.54) is 4.90 Å². The lowest BCUT2D eigenvalue weighted by Crippen LogP contribution is -2.41. The van der Waals surface area contributed by atoms with Crippen molar-refractivity contribution in [1.29, 1.82) is 0 Å². The Morgan fingerprint density at radius 1 is 1.60 bits per heavy atom. The Kier molecular flexibility index (Phi) is 6.43. The molecule has 0 spiro atoms. The zero-order valence-corrected chi connectivity index (χ0v) is 10.4. The molecule has 3 N–H and O–H groups in total. The number of hydrogen-bond acceptors (Lipinski definition) is 3. The SMILES string of the molecule is CCCC(C(=O)N(C)CC(C)O)C(N)=S. The third kappa shape index (κ3) is 5.09. The van der Waals surface area contributed by atoms with Gasteiger partial charge in [-0.15, -0.1) is 0 Å². The second-order valence-electron chi connectivity index (χ2n) is 3.81. The number of amides is 1. The topological polar surface area (TPSA) is 66.6 Å². The fourth-order valence-electron chi connectivity index (χ4n) is 1.43. The number of aliphatic hydroxyl groups excluding tert-OH is 1. The fourth-order valence-corrected chi connectivity index (χ4v) is 1.65. The van der Waals surface area contributed by atoms with Gasteiger partial charge in [0.1, 0.15) is 0 Å². The molecule has 1 amide bonds. The number of nitrogens with two attached hydrogens (primary N) is 1. The smallest absolute Gasteiger partial charge is 0.232 e. The first-order chi connectivity index (χ1) is 6.90. The molecule has 0 aromatic heterocycles. The summed E-state index contributed by atoms with van der Waals surface area (Å²) in [5.74, 6) is -0.501. The molecule has 0 aliphatic heterocycles. The standard InChI is InChI=1S/C10H20N2O2S/c1-4-5-8(9(11)15)10(14)12(3)6-7(2)13/h7-8,13H,4-6H2,1-3H3,(H2,11,15). The van der Waals surface area contributed by atoms with Crippen molar-refractivity contribution in [2.45, 2.75) is 32.8 Å². The molecular weight excluding hydrogens is 212 g/mol. The van der Waals surface area contributed by atoms with Crippen molar-refractivity contribution in [3.63, 3.8) is 0 Å². The summed E-state index contributed by atoms with van der Waals surface area (Å²) in [4.78, 5) is 13.6. The first kappa shape index (κ1) is 14.3. The first-order valence-corrected chi connectivity index (χ1v) is 5.53.